The fourth-order valence-corrected chi connectivity index (χ4v) is 2.42. The van der Waals surface area contributed by atoms with Gasteiger partial charge in [-0.05, 0) is 29.8 Å². The minimum atomic E-state index is 0.265. The first-order valence-corrected chi connectivity index (χ1v) is 7.04. The largest absolute Gasteiger partial charge is 0.467 e. The Bertz CT molecular complexity index is 628. The van der Waals surface area contributed by atoms with Crippen LogP contribution in [0.2, 0.25) is 5.02 Å². The Kier molecular flexibility index (Phi) is 4.29. The second-order valence-electron chi connectivity index (χ2n) is 4.90. The third kappa shape index (κ3) is 3.47. The molecule has 1 heterocycles. The Morgan fingerprint density at radius 2 is 1.95 bits per heavy atom. The van der Waals surface area contributed by atoms with E-state index in [0.29, 0.717) is 25.5 Å². The van der Waals surface area contributed by atoms with E-state index < -0.39 is 0 Å². The van der Waals surface area contributed by atoms with Crippen LogP contribution >= 0.6 is 11.6 Å². The molecule has 2 N–H and O–H groups in total. The predicted molar refractivity (Wildman–Crippen MR) is 81.1 cm³/mol. The summed E-state index contributed by atoms with van der Waals surface area (Å²) in [6.07, 6.45) is 0. The number of halogens is 1. The van der Waals surface area contributed by atoms with Gasteiger partial charge in [-0.1, -0.05) is 23.7 Å². The van der Waals surface area contributed by atoms with Crippen molar-refractivity contribution in [2.24, 2.45) is 0 Å². The molecule has 110 valence electrons. The molecule has 2 aromatic carbocycles. The maximum Gasteiger partial charge on any atom is 0.189 e. The van der Waals surface area contributed by atoms with Crippen molar-refractivity contribution in [2.45, 2.75) is 19.8 Å². The molecule has 4 nitrogen and oxygen atoms in total. The van der Waals surface area contributed by atoms with E-state index in [0.717, 1.165) is 27.5 Å². The molecule has 0 saturated heterocycles. The highest BCUT2D eigenvalue weighted by atomic mass is 35.5. The van der Waals surface area contributed by atoms with Crippen LogP contribution in [0.1, 0.15) is 16.7 Å². The van der Waals surface area contributed by atoms with Crippen molar-refractivity contribution in [1.29, 1.82) is 0 Å². The van der Waals surface area contributed by atoms with E-state index in [1.54, 1.807) is 0 Å². The lowest BCUT2D eigenvalue weighted by atomic mass is 10.1. The maximum absolute atomic E-state index is 5.90. The van der Waals surface area contributed by atoms with Crippen LogP contribution in [0.4, 0.5) is 5.69 Å². The Labute approximate surface area is 128 Å². The molecule has 0 saturated carbocycles. The number of benzene rings is 2. The fourth-order valence-electron chi connectivity index (χ4n) is 2.29. The van der Waals surface area contributed by atoms with Crippen LogP contribution in [-0.2, 0) is 29.3 Å². The summed E-state index contributed by atoms with van der Waals surface area (Å²) in [5, 5.41) is 0.719. The highest BCUT2D eigenvalue weighted by molar-refractivity contribution is 6.30. The third-order valence-corrected chi connectivity index (χ3v) is 3.50. The molecule has 0 aliphatic carbocycles. The Morgan fingerprint density at radius 3 is 2.76 bits per heavy atom. The standard InChI is InChI=1S/C16H16ClNO3/c17-14-3-1-11(2-4-14)7-19-8-12-5-15(18)6-13-9-20-10-21-16(12)13/h1-6H,7-10,18H2. The average molecular weight is 306 g/mol. The van der Waals surface area contributed by atoms with E-state index in [2.05, 4.69) is 0 Å². The molecular formula is C16H16ClNO3. The molecular weight excluding hydrogens is 290 g/mol. The van der Waals surface area contributed by atoms with Gasteiger partial charge in [0.25, 0.3) is 0 Å². The van der Waals surface area contributed by atoms with Crippen molar-refractivity contribution in [2.75, 3.05) is 12.5 Å². The third-order valence-electron chi connectivity index (χ3n) is 3.25. The van der Waals surface area contributed by atoms with E-state index in [1.807, 2.05) is 36.4 Å². The molecule has 0 atom stereocenters. The number of rotatable bonds is 4. The van der Waals surface area contributed by atoms with Crippen molar-refractivity contribution in [1.82, 2.24) is 0 Å². The van der Waals surface area contributed by atoms with Crippen LogP contribution < -0.4 is 10.5 Å². The van der Waals surface area contributed by atoms with Gasteiger partial charge >= 0.3 is 0 Å². The summed E-state index contributed by atoms with van der Waals surface area (Å²) in [6.45, 7) is 1.74. The van der Waals surface area contributed by atoms with E-state index in [4.69, 9.17) is 31.5 Å². The number of hydrogen-bond acceptors (Lipinski definition) is 4. The first kappa shape index (κ1) is 14.2. The second-order valence-corrected chi connectivity index (χ2v) is 5.33. The summed E-state index contributed by atoms with van der Waals surface area (Å²) in [5.74, 6) is 0.826. The van der Waals surface area contributed by atoms with Gasteiger partial charge in [-0.2, -0.15) is 0 Å². The van der Waals surface area contributed by atoms with Crippen LogP contribution in [0.5, 0.6) is 5.75 Å². The molecule has 2 aromatic rings. The second kappa shape index (κ2) is 6.35. The number of nitrogens with two attached hydrogens (primary N) is 1. The van der Waals surface area contributed by atoms with Gasteiger partial charge in [0, 0.05) is 21.8 Å². The smallest absolute Gasteiger partial charge is 0.189 e. The van der Waals surface area contributed by atoms with E-state index in [1.165, 1.54) is 0 Å². The van der Waals surface area contributed by atoms with Crippen molar-refractivity contribution < 1.29 is 14.2 Å². The molecule has 3 rings (SSSR count). The minimum Gasteiger partial charge on any atom is -0.467 e. The molecule has 0 radical (unpaired) electrons. The molecule has 0 aromatic heterocycles. The van der Waals surface area contributed by atoms with Crippen LogP contribution in [0.25, 0.3) is 0 Å². The van der Waals surface area contributed by atoms with Crippen molar-refractivity contribution in [3.63, 3.8) is 0 Å². The van der Waals surface area contributed by atoms with E-state index in [9.17, 15) is 0 Å². The van der Waals surface area contributed by atoms with Crippen molar-refractivity contribution >= 4 is 17.3 Å². The highest BCUT2D eigenvalue weighted by Crippen LogP contribution is 2.31. The van der Waals surface area contributed by atoms with Crippen LogP contribution in [-0.4, -0.2) is 6.79 Å². The summed E-state index contributed by atoms with van der Waals surface area (Å²) >= 11 is 5.86. The molecule has 0 unspecified atom stereocenters. The Hall–Kier alpha value is -1.75. The number of ether oxygens (including phenoxy) is 3. The SMILES string of the molecule is Nc1cc2c(c(COCc3ccc(Cl)cc3)c1)OCOC2. The summed E-state index contributed by atoms with van der Waals surface area (Å²) in [7, 11) is 0. The van der Waals surface area contributed by atoms with Crippen molar-refractivity contribution in [3.8, 4) is 5.75 Å². The Balaban J connectivity index is 1.67. The zero-order valence-corrected chi connectivity index (χ0v) is 12.2. The molecule has 1 aliphatic rings. The molecule has 0 fully saturated rings. The van der Waals surface area contributed by atoms with Gasteiger partial charge in [0.15, 0.2) is 6.79 Å². The quantitative estimate of drug-likeness (QED) is 0.878. The maximum atomic E-state index is 5.90. The van der Waals surface area contributed by atoms with Gasteiger partial charge in [0.05, 0.1) is 19.8 Å². The highest BCUT2D eigenvalue weighted by Gasteiger charge is 2.16. The van der Waals surface area contributed by atoms with E-state index in [-0.39, 0.29) is 6.79 Å². The average Bonchev–Trinajstić information content (AvgIpc) is 2.49. The summed E-state index contributed by atoms with van der Waals surface area (Å²) in [4.78, 5) is 0. The predicted octanol–water partition coefficient (Wildman–Crippen LogP) is 3.51. The molecule has 0 bridgehead atoms. The van der Waals surface area contributed by atoms with Gasteiger partial charge < -0.3 is 19.9 Å². The normalized spacial score (nSPS) is 13.6. The summed E-state index contributed by atoms with van der Waals surface area (Å²) < 4.78 is 16.6. The first-order chi connectivity index (χ1) is 10.2. The van der Waals surface area contributed by atoms with Crippen LogP contribution in [0, 0.1) is 0 Å². The minimum absolute atomic E-state index is 0.265. The van der Waals surface area contributed by atoms with E-state index >= 15 is 0 Å². The van der Waals surface area contributed by atoms with Gasteiger partial charge in [0.1, 0.15) is 5.75 Å². The van der Waals surface area contributed by atoms with Crippen molar-refractivity contribution in [3.05, 3.63) is 58.1 Å². The lowest BCUT2D eigenvalue weighted by Crippen LogP contribution is -2.14. The lowest BCUT2D eigenvalue weighted by Gasteiger charge is -2.21. The number of anilines is 1. The molecule has 0 spiro atoms. The summed E-state index contributed by atoms with van der Waals surface area (Å²) in [6, 6.07) is 11.3. The lowest BCUT2D eigenvalue weighted by molar-refractivity contribution is -0.0185. The zero-order chi connectivity index (χ0) is 14.7. The number of fused-ring (bicyclic) bond motifs is 1. The van der Waals surface area contributed by atoms with Gasteiger partial charge in [0.2, 0.25) is 0 Å². The monoisotopic (exact) mass is 305 g/mol. The van der Waals surface area contributed by atoms with Gasteiger partial charge in [-0.25, -0.2) is 0 Å². The fraction of sp³-hybridized carbons (Fsp3) is 0.250. The Morgan fingerprint density at radius 1 is 1.14 bits per heavy atom. The zero-order valence-electron chi connectivity index (χ0n) is 11.5. The van der Waals surface area contributed by atoms with Gasteiger partial charge in [-0.15, -0.1) is 0 Å². The van der Waals surface area contributed by atoms with Crippen LogP contribution in [0.3, 0.4) is 0 Å². The first-order valence-electron chi connectivity index (χ1n) is 6.66. The number of nitrogen functional groups attached to an aromatic ring is 1. The molecule has 5 heteroatoms. The molecule has 21 heavy (non-hydrogen) atoms. The topological polar surface area (TPSA) is 53.7 Å². The number of hydrogen-bond donors (Lipinski definition) is 1. The van der Waals surface area contributed by atoms with Crippen LogP contribution in [0.15, 0.2) is 36.4 Å². The summed E-state index contributed by atoms with van der Waals surface area (Å²) in [5.41, 5.74) is 9.57. The molecule has 0 amide bonds. The van der Waals surface area contributed by atoms with Gasteiger partial charge in [-0.3, -0.25) is 0 Å². The molecule has 1 aliphatic heterocycles.